The van der Waals surface area contributed by atoms with Crippen LogP contribution in [0, 0.1) is 11.8 Å². The molecule has 184 valence electrons. The molecule has 0 aliphatic carbocycles. The predicted octanol–water partition coefficient (Wildman–Crippen LogP) is 1.69. The van der Waals surface area contributed by atoms with E-state index in [2.05, 4.69) is 21.8 Å². The number of imidazole rings is 1. The van der Waals surface area contributed by atoms with Crippen molar-refractivity contribution < 1.29 is 9.21 Å². The first-order chi connectivity index (χ1) is 16.8. The second kappa shape index (κ2) is 9.25. The summed E-state index contributed by atoms with van der Waals surface area (Å²) in [5.74, 6) is 1.00. The van der Waals surface area contributed by atoms with Gasteiger partial charge in [0, 0.05) is 38.4 Å². The number of nitrogens with two attached hydrogens (primary N) is 1. The molecule has 3 aromatic heterocycles. The summed E-state index contributed by atoms with van der Waals surface area (Å²) in [6.45, 7) is 3.78. The van der Waals surface area contributed by atoms with E-state index in [1.807, 2.05) is 28.8 Å². The number of benzene rings is 1. The van der Waals surface area contributed by atoms with Crippen LogP contribution >= 0.6 is 11.8 Å². The number of oxazole rings is 1. The topological polar surface area (TPSA) is 145 Å². The Labute approximate surface area is 204 Å². The second-order valence-electron chi connectivity index (χ2n) is 9.04. The molecule has 0 unspecified atom stereocenters. The lowest BCUT2D eigenvalue weighted by Crippen LogP contribution is -2.40. The number of thioether (sulfide) groups is 1. The van der Waals surface area contributed by atoms with Crippen LogP contribution in [0.15, 0.2) is 43.5 Å². The summed E-state index contributed by atoms with van der Waals surface area (Å²) in [5, 5.41) is 0.600. The highest BCUT2D eigenvalue weighted by molar-refractivity contribution is 7.99. The van der Waals surface area contributed by atoms with Crippen LogP contribution in [0.25, 0.3) is 22.3 Å². The zero-order valence-electron chi connectivity index (χ0n) is 19.6. The van der Waals surface area contributed by atoms with Gasteiger partial charge in [-0.1, -0.05) is 30.8 Å². The summed E-state index contributed by atoms with van der Waals surface area (Å²) in [6.07, 6.45) is 1.24. The maximum Gasteiger partial charge on any atom is 0.329 e. The molecule has 1 aliphatic rings. The number of fused-ring (bicyclic) bond motifs is 2. The fourth-order valence-electron chi connectivity index (χ4n) is 4.49. The average molecular weight is 498 g/mol. The Balaban J connectivity index is 1.42. The largest absolute Gasteiger partial charge is 0.431 e. The molecular weight excluding hydrogens is 470 g/mol. The smallest absolute Gasteiger partial charge is 0.329 e. The highest BCUT2D eigenvalue weighted by Gasteiger charge is 2.28. The van der Waals surface area contributed by atoms with Crippen molar-refractivity contribution in [2.24, 2.45) is 24.6 Å². The number of carbonyl (C=O) groups is 1. The van der Waals surface area contributed by atoms with Gasteiger partial charge in [0.05, 0.1) is 0 Å². The Morgan fingerprint density at radius 3 is 2.71 bits per heavy atom. The molecule has 4 heterocycles. The van der Waals surface area contributed by atoms with Gasteiger partial charge in [-0.25, -0.2) is 9.78 Å². The first-order valence-corrected chi connectivity index (χ1v) is 12.5. The van der Waals surface area contributed by atoms with E-state index in [0.717, 1.165) is 11.1 Å². The van der Waals surface area contributed by atoms with Crippen LogP contribution in [0.2, 0.25) is 0 Å². The van der Waals surface area contributed by atoms with Gasteiger partial charge in [0.1, 0.15) is 5.52 Å². The Hall–Kier alpha value is -3.54. The van der Waals surface area contributed by atoms with Gasteiger partial charge in [0.25, 0.3) is 10.8 Å². The van der Waals surface area contributed by atoms with Crippen LogP contribution in [0.1, 0.15) is 19.8 Å². The van der Waals surface area contributed by atoms with Gasteiger partial charge in [-0.15, -0.1) is 0 Å². The van der Waals surface area contributed by atoms with Crippen LogP contribution in [0.5, 0.6) is 0 Å². The third-order valence-electron chi connectivity index (χ3n) is 6.43. The fourth-order valence-corrected chi connectivity index (χ4v) is 5.34. The number of carbonyl (C=O) groups excluding carboxylic acids is 1. The van der Waals surface area contributed by atoms with E-state index in [1.165, 1.54) is 16.3 Å². The van der Waals surface area contributed by atoms with Gasteiger partial charge < -0.3 is 19.6 Å². The number of H-pyrrole nitrogens is 1. The van der Waals surface area contributed by atoms with Crippen LogP contribution in [0.3, 0.4) is 0 Å². The van der Waals surface area contributed by atoms with Crippen LogP contribution in [-0.4, -0.2) is 48.8 Å². The summed E-state index contributed by atoms with van der Waals surface area (Å²) in [7, 11) is 1.59. The molecule has 0 spiro atoms. The first-order valence-electron chi connectivity index (χ1n) is 11.5. The van der Waals surface area contributed by atoms with E-state index in [9.17, 15) is 14.4 Å². The maximum absolute atomic E-state index is 12.8. The number of aromatic amines is 1. The predicted molar refractivity (Wildman–Crippen MR) is 134 cm³/mol. The molecule has 1 atom stereocenters. The normalized spacial score (nSPS) is 15.8. The van der Waals surface area contributed by atoms with E-state index >= 15 is 0 Å². The van der Waals surface area contributed by atoms with Crippen molar-refractivity contribution in [2.45, 2.75) is 31.5 Å². The quantitative estimate of drug-likeness (QED) is 0.367. The molecular formula is C23H27N7O4S. The summed E-state index contributed by atoms with van der Waals surface area (Å²) < 4.78 is 9.05. The molecule has 12 heteroatoms. The second-order valence-corrected chi connectivity index (χ2v) is 10.0. The summed E-state index contributed by atoms with van der Waals surface area (Å²) in [5.41, 5.74) is 6.78. The van der Waals surface area contributed by atoms with Crippen LogP contribution in [-0.2, 0) is 18.4 Å². The fraction of sp³-hybridized carbons (Fsp3) is 0.435. The van der Waals surface area contributed by atoms with Crippen LogP contribution < -0.4 is 21.9 Å². The molecule has 1 aromatic carbocycles. The van der Waals surface area contributed by atoms with Crippen molar-refractivity contribution in [1.82, 2.24) is 24.1 Å². The third-order valence-corrected chi connectivity index (χ3v) is 7.58. The molecule has 0 radical (unpaired) electrons. The van der Waals surface area contributed by atoms with Gasteiger partial charge in [-0.05, 0) is 30.9 Å². The molecule has 35 heavy (non-hydrogen) atoms. The number of rotatable bonds is 7. The number of aryl methyl sites for hydroxylation is 1. The van der Waals surface area contributed by atoms with Gasteiger partial charge in [-0.2, -0.15) is 4.98 Å². The number of nitrogens with one attached hydrogen (secondary N) is 1. The van der Waals surface area contributed by atoms with Crippen molar-refractivity contribution in [1.29, 1.82) is 0 Å². The lowest BCUT2D eigenvalue weighted by molar-refractivity contribution is -0.122. The summed E-state index contributed by atoms with van der Waals surface area (Å²) >= 11 is 1.52. The van der Waals surface area contributed by atoms with Crippen molar-refractivity contribution >= 4 is 45.9 Å². The monoisotopic (exact) mass is 497 g/mol. The molecule has 1 saturated heterocycles. The van der Waals surface area contributed by atoms with Gasteiger partial charge in [0.2, 0.25) is 11.9 Å². The van der Waals surface area contributed by atoms with E-state index in [4.69, 9.17) is 15.1 Å². The zero-order chi connectivity index (χ0) is 24.7. The number of piperidine rings is 1. The number of hydrogen-bond donors (Lipinski definition) is 2. The van der Waals surface area contributed by atoms with E-state index in [-0.39, 0.29) is 17.7 Å². The number of primary amides is 1. The summed E-state index contributed by atoms with van der Waals surface area (Å²) in [6, 6.07) is 7.63. The molecule has 5 rings (SSSR count). The SMILES string of the molecule is C[C@H](CSc1nc2ccccc2o1)Cn1c(N2CCC(C(N)=O)CC2)nc2c1c(=O)[nH]c(=O)n2C. The number of amides is 1. The Kier molecular flexibility index (Phi) is 6.13. The molecule has 11 nitrogen and oxygen atoms in total. The lowest BCUT2D eigenvalue weighted by atomic mass is 9.96. The molecule has 1 amide bonds. The van der Waals surface area contributed by atoms with Gasteiger partial charge in [0.15, 0.2) is 16.7 Å². The first kappa shape index (κ1) is 23.2. The molecule has 4 aromatic rings. The Morgan fingerprint density at radius 2 is 2.00 bits per heavy atom. The molecule has 3 N–H and O–H groups in total. The molecule has 0 saturated carbocycles. The molecule has 0 bridgehead atoms. The minimum absolute atomic E-state index is 0.131. The van der Waals surface area contributed by atoms with E-state index in [0.29, 0.717) is 60.6 Å². The Morgan fingerprint density at radius 1 is 1.26 bits per heavy atom. The van der Waals surface area contributed by atoms with Crippen molar-refractivity contribution in [2.75, 3.05) is 23.7 Å². The zero-order valence-corrected chi connectivity index (χ0v) is 20.4. The van der Waals surface area contributed by atoms with E-state index < -0.39 is 11.2 Å². The highest BCUT2D eigenvalue weighted by atomic mass is 32.2. The minimum Gasteiger partial charge on any atom is -0.431 e. The van der Waals surface area contributed by atoms with Gasteiger partial charge in [-0.3, -0.25) is 19.1 Å². The van der Waals surface area contributed by atoms with Crippen molar-refractivity contribution in [3.63, 3.8) is 0 Å². The third kappa shape index (κ3) is 4.45. The number of anilines is 1. The number of para-hydroxylation sites is 2. The van der Waals surface area contributed by atoms with Crippen molar-refractivity contribution in [3.05, 3.63) is 45.1 Å². The minimum atomic E-state index is -0.509. The number of hydrogen-bond acceptors (Lipinski definition) is 8. The number of nitrogens with zero attached hydrogens (tertiary/aromatic N) is 5. The summed E-state index contributed by atoms with van der Waals surface area (Å²) in [4.78, 5) is 50.3. The average Bonchev–Trinajstić information content (AvgIpc) is 3.43. The molecule has 1 fully saturated rings. The standard InChI is InChI=1S/C23H27N7O4S/c1-13(12-35-23-25-15-5-3-4-6-16(15)34-23)11-30-17-19(28(2)22(33)27-20(17)32)26-21(30)29-9-7-14(8-10-29)18(24)31/h3-6,13-14H,7-12H2,1-2H3,(H2,24,31)(H,27,32,33)/t13-/m0/s1. The Bertz CT molecular complexity index is 1480. The lowest BCUT2D eigenvalue weighted by Gasteiger charge is -2.32. The number of aromatic nitrogens is 5. The van der Waals surface area contributed by atoms with Crippen LogP contribution in [0.4, 0.5) is 5.95 Å². The molecule has 1 aliphatic heterocycles. The van der Waals surface area contributed by atoms with E-state index in [1.54, 1.807) is 7.05 Å². The maximum atomic E-state index is 12.8. The van der Waals surface area contributed by atoms with Crippen molar-refractivity contribution in [3.8, 4) is 0 Å². The highest BCUT2D eigenvalue weighted by Crippen LogP contribution is 2.29. The van der Waals surface area contributed by atoms with Gasteiger partial charge >= 0.3 is 5.69 Å².